The minimum atomic E-state index is 0.00694. The summed E-state index contributed by atoms with van der Waals surface area (Å²) in [6.07, 6.45) is 12.3. The normalized spacial score (nSPS) is 29.6. The topological polar surface area (TPSA) is 60.1 Å². The number of fused-ring (bicyclic) bond motifs is 1. The fourth-order valence-electron chi connectivity index (χ4n) is 4.13. The Balaban J connectivity index is 0.00000141. The Morgan fingerprint density at radius 2 is 1.17 bits per heavy atom. The molecule has 2 fully saturated rings. The second-order valence-electron chi connectivity index (χ2n) is 7.98. The molecule has 1 aliphatic carbocycles. The van der Waals surface area contributed by atoms with Gasteiger partial charge < -0.3 is 26.6 Å². The summed E-state index contributed by atoms with van der Waals surface area (Å²) in [5.41, 5.74) is 0. The molecule has 5 nitrogen and oxygen atoms in total. The molecule has 1 aliphatic heterocycles. The molecule has 0 amide bonds. The van der Waals surface area contributed by atoms with Gasteiger partial charge in [0, 0.05) is 63.4 Å². The van der Waals surface area contributed by atoms with Crippen molar-refractivity contribution in [2.24, 2.45) is 0 Å². The zero-order valence-corrected chi connectivity index (χ0v) is 23.0. The van der Waals surface area contributed by atoms with Crippen LogP contribution in [0.25, 0.3) is 0 Å². The van der Waals surface area contributed by atoms with Gasteiger partial charge in [-0.05, 0) is 49.7 Å². The first kappa shape index (κ1) is 29.6. The van der Waals surface area contributed by atoms with Crippen molar-refractivity contribution in [1.82, 2.24) is 26.6 Å². The van der Waals surface area contributed by atoms with Crippen LogP contribution in [0.5, 0.6) is 0 Å². The molecule has 0 aromatic heterocycles. The molecule has 30 heavy (non-hydrogen) atoms. The molecule has 0 aromatic carbocycles. The van der Waals surface area contributed by atoms with Crippen LogP contribution in [-0.2, 0) is 13.1 Å². The molecule has 10 heteroatoms. The molecular weight excluding hydrogens is 500 g/mol. The zero-order chi connectivity index (χ0) is 21.9. The van der Waals surface area contributed by atoms with Gasteiger partial charge in [0.05, 0.1) is 0 Å². The summed E-state index contributed by atoms with van der Waals surface area (Å²) >= 11 is 3.92. The summed E-state index contributed by atoms with van der Waals surface area (Å²) in [7, 11) is 9.59. The van der Waals surface area contributed by atoms with Crippen molar-refractivity contribution in [3.05, 3.63) is 0 Å². The Hall–Kier alpha value is 1.60. The summed E-state index contributed by atoms with van der Waals surface area (Å²) in [6, 6.07) is 2.42. The molecule has 0 bridgehead atoms. The number of rotatable bonds is 6. The van der Waals surface area contributed by atoms with E-state index in [1.807, 2.05) is 23.5 Å². The van der Waals surface area contributed by atoms with E-state index in [9.17, 15) is 0 Å². The van der Waals surface area contributed by atoms with Crippen LogP contribution in [0.15, 0.2) is 0 Å². The van der Waals surface area contributed by atoms with Crippen LogP contribution < -0.4 is 26.6 Å². The van der Waals surface area contributed by atoms with Gasteiger partial charge in [0.15, 0.2) is 0 Å². The molecule has 2 aliphatic rings. The Morgan fingerprint density at radius 1 is 0.733 bits per heavy atom. The first-order valence-corrected chi connectivity index (χ1v) is 17.3. The van der Waals surface area contributed by atoms with Crippen molar-refractivity contribution in [2.45, 2.75) is 62.7 Å². The maximum absolute atomic E-state index is 4.80. The minimum absolute atomic E-state index is 0.00694. The van der Waals surface area contributed by atoms with E-state index in [0.717, 1.165) is 39.3 Å². The molecule has 2 rings (SSSR count). The van der Waals surface area contributed by atoms with Gasteiger partial charge in [-0.15, -0.1) is 0 Å². The van der Waals surface area contributed by atoms with Crippen LogP contribution >= 0.6 is 43.7 Å². The van der Waals surface area contributed by atoms with E-state index >= 15 is 0 Å². The first-order chi connectivity index (χ1) is 14.7. The van der Waals surface area contributed by atoms with Crippen LogP contribution in [0.3, 0.4) is 0 Å². The van der Waals surface area contributed by atoms with Crippen molar-refractivity contribution in [3.63, 3.8) is 0 Å². The summed E-state index contributed by atoms with van der Waals surface area (Å²) in [4.78, 5) is 0. The van der Waals surface area contributed by atoms with Gasteiger partial charge in [-0.3, -0.25) is 0 Å². The van der Waals surface area contributed by atoms with E-state index in [1.54, 1.807) is 0 Å². The van der Waals surface area contributed by atoms with Gasteiger partial charge in [0.25, 0.3) is 0 Å². The van der Waals surface area contributed by atoms with Gasteiger partial charge in [-0.1, -0.05) is 12.8 Å². The van der Waals surface area contributed by atoms with Crippen molar-refractivity contribution >= 4 is 43.7 Å². The average molecular weight is 544 g/mol. The van der Waals surface area contributed by atoms with Crippen molar-refractivity contribution < 1.29 is 13.1 Å². The molecule has 0 spiro atoms. The van der Waals surface area contributed by atoms with E-state index in [2.05, 4.69) is 39.1 Å². The monoisotopic (exact) mass is 542 g/mol. The molecule has 1 heterocycles. The molecule has 5 N–H and O–H groups in total. The summed E-state index contributed by atoms with van der Waals surface area (Å²) in [6.45, 7) is 6.41. The fourth-order valence-corrected chi connectivity index (χ4v) is 5.17. The van der Waals surface area contributed by atoms with E-state index in [4.69, 9.17) is 20.2 Å². The van der Waals surface area contributed by atoms with E-state index in [1.165, 1.54) is 50.0 Å². The molecule has 4 atom stereocenters. The van der Waals surface area contributed by atoms with Crippen LogP contribution in [-0.4, -0.2) is 87.5 Å². The second-order valence-corrected chi connectivity index (χ2v) is 11.9. The van der Waals surface area contributed by atoms with Crippen molar-refractivity contribution in [1.29, 1.82) is 0 Å². The molecule has 1 saturated heterocycles. The van der Waals surface area contributed by atoms with Gasteiger partial charge in [-0.2, -0.15) is 23.5 Å². The third-order valence-corrected chi connectivity index (χ3v) is 7.12. The number of hydrogen-bond donors (Lipinski definition) is 5. The van der Waals surface area contributed by atoms with E-state index in [-0.39, 0.29) is 13.1 Å². The summed E-state index contributed by atoms with van der Waals surface area (Å²) in [5.74, 6) is 2.47. The van der Waals surface area contributed by atoms with Crippen LogP contribution in [0, 0.1) is 0 Å². The zero-order valence-electron chi connectivity index (χ0n) is 18.7. The van der Waals surface area contributed by atoms with Gasteiger partial charge in [0.1, 0.15) is 0 Å². The third kappa shape index (κ3) is 14.7. The molecule has 2 unspecified atom stereocenters. The Bertz CT molecular complexity index is 359. The average Bonchev–Trinajstić information content (AvgIpc) is 2.77. The second kappa shape index (κ2) is 21.2. The number of nitrogens with one attached hydrogen (secondary N) is 5. The fraction of sp³-hybridized carbons (Fsp3) is 1.00. The van der Waals surface area contributed by atoms with Crippen molar-refractivity contribution in [3.8, 4) is 0 Å². The molecule has 1 saturated carbocycles. The molecule has 181 valence electrons. The van der Waals surface area contributed by atoms with Gasteiger partial charge in [-0.25, -0.2) is 0 Å². The Labute approximate surface area is 208 Å². The third-order valence-electron chi connectivity index (χ3n) is 5.83. The SMILES string of the molecule is CSCC[C@@H]1CNC2CCCCC2NC[C@H](CCSC)NCCNCCN1.[Cl][Mn][Cl]. The predicted octanol–water partition coefficient (Wildman–Crippen LogP) is 2.88. The first-order valence-electron chi connectivity index (χ1n) is 11.2. The van der Waals surface area contributed by atoms with Crippen molar-refractivity contribution in [2.75, 3.05) is 63.3 Å². The summed E-state index contributed by atoms with van der Waals surface area (Å²) < 4.78 is 0. The number of thioether (sulfide) groups is 2. The van der Waals surface area contributed by atoms with Crippen LogP contribution in [0.1, 0.15) is 38.5 Å². The predicted molar refractivity (Wildman–Crippen MR) is 136 cm³/mol. The molecule has 0 aromatic rings. The van der Waals surface area contributed by atoms with E-state index < -0.39 is 0 Å². The van der Waals surface area contributed by atoms with Crippen LogP contribution in [0.2, 0.25) is 0 Å². The summed E-state index contributed by atoms with van der Waals surface area (Å²) in [5, 5.41) is 19.0. The van der Waals surface area contributed by atoms with Crippen LogP contribution in [0.4, 0.5) is 0 Å². The standard InChI is InChI=1S/C20H43N5S2.2ClH.Mn/c1-26-13-7-17-15-24-19-5-3-4-6-20(19)25-16-18(8-14-27-2)23-12-10-21-9-11-22-17;;;/h17-25H,3-16H2,1-2H3;2*1H;/q;;;+2/p-2/t17-,18+,19?,20?;;;. The molecule has 0 radical (unpaired) electrons. The Kier molecular flexibility index (Phi) is 20.9. The number of halogens is 2. The number of hydrogen-bond acceptors (Lipinski definition) is 7. The maximum atomic E-state index is 4.80. The van der Waals surface area contributed by atoms with Gasteiger partial charge in [0.2, 0.25) is 0 Å². The Morgan fingerprint density at radius 3 is 1.57 bits per heavy atom. The van der Waals surface area contributed by atoms with E-state index in [0.29, 0.717) is 24.2 Å². The quantitative estimate of drug-likeness (QED) is 0.331. The molecular formula is C20H43Cl2MnN5S2. The van der Waals surface area contributed by atoms with Gasteiger partial charge >= 0.3 is 33.3 Å².